The Morgan fingerprint density at radius 1 is 0.479 bits per heavy atom. The number of methoxy groups -OCH3 is 5. The molecule has 0 amide bonds. The first-order valence-electron chi connectivity index (χ1n) is 18.7. The summed E-state index contributed by atoms with van der Waals surface area (Å²) in [4.78, 5) is 0. The number of ether oxygens (including phenoxy) is 5. The van der Waals surface area contributed by atoms with Gasteiger partial charge in [-0.25, -0.2) is 22.0 Å². The third kappa shape index (κ3) is 23.8. The summed E-state index contributed by atoms with van der Waals surface area (Å²) < 4.78 is 113. The normalized spacial score (nSPS) is 9.82. The molecule has 0 aliphatic rings. The molecule has 0 unspecified atom stereocenters. The molecule has 0 aliphatic heterocycles. The van der Waals surface area contributed by atoms with Gasteiger partial charge in [-0.3, -0.25) is 0 Å². The summed E-state index contributed by atoms with van der Waals surface area (Å²) in [7, 11) is 10.7. The fourth-order valence-corrected chi connectivity index (χ4v) is 5.96. The quantitative estimate of drug-likeness (QED) is 0.0599. The van der Waals surface area contributed by atoms with Crippen molar-refractivity contribution < 1.29 is 142 Å². The van der Waals surface area contributed by atoms with Crippen LogP contribution in [0.25, 0.3) is 0 Å². The predicted molar refractivity (Wildman–Crippen MR) is 257 cm³/mol. The molecule has 0 heterocycles. The molecule has 0 spiro atoms. The second-order valence-corrected chi connectivity index (χ2v) is 14.3. The summed E-state index contributed by atoms with van der Waals surface area (Å²) in [6.45, 7) is -3.88. The van der Waals surface area contributed by atoms with E-state index in [1.54, 1.807) is 6.07 Å². The predicted octanol–water partition coefficient (Wildman–Crippen LogP) is -0.0522. The standard InChI is InChI=1S/C9H11BClFO3.C7H8BClFO4.C7H7BClFO3.C7H6ClFO.C7H5ClFO.C3H9BO3.Li.Na/c1-13-9-7(11)5-4-6(8(9)12)10(14-2)15-3;1-14-7-5(9)3-2-4(6(7)10)8(11,12)13;1-13-7-5(9)3-2-4(6(7)10)8(11)12;2*1-10-7-5(8)3-2-4-6(7)9;1-5-4(6-2)7-3;;/h4-5H,1-3H3;2-3,11-13H,1H3;2-3,11-12H,1H3;2-4H,1H3;2-3H,1H3;1-3H3;;/q;-1;;;-1;;2*+1. The van der Waals surface area contributed by atoms with E-state index in [0.29, 0.717) is 5.02 Å². The second kappa shape index (κ2) is 38.2. The van der Waals surface area contributed by atoms with Crippen LogP contribution >= 0.6 is 58.0 Å². The van der Waals surface area contributed by atoms with Crippen molar-refractivity contribution in [1.82, 2.24) is 0 Å². The second-order valence-electron chi connectivity index (χ2n) is 12.3. The van der Waals surface area contributed by atoms with Gasteiger partial charge in [0.15, 0.2) is 40.4 Å². The summed E-state index contributed by atoms with van der Waals surface area (Å²) in [6.07, 6.45) is 0. The van der Waals surface area contributed by atoms with Gasteiger partial charge in [0.05, 0.1) is 67.2 Å². The molecule has 0 fully saturated rings. The van der Waals surface area contributed by atoms with Crippen LogP contribution in [-0.4, -0.2) is 125 Å². The zero-order valence-electron chi connectivity index (χ0n) is 40.3. The third-order valence-electron chi connectivity index (χ3n) is 7.99. The van der Waals surface area contributed by atoms with E-state index < -0.39 is 62.9 Å². The van der Waals surface area contributed by atoms with Crippen molar-refractivity contribution >= 4 is 103 Å². The van der Waals surface area contributed by atoms with Gasteiger partial charge in [0.1, 0.15) is 5.82 Å². The molecule has 5 N–H and O–H groups in total. The van der Waals surface area contributed by atoms with Crippen LogP contribution in [0.15, 0.2) is 66.7 Å². The minimum Gasteiger partial charge on any atom is -0.556 e. The molecule has 0 aliphatic carbocycles. The van der Waals surface area contributed by atoms with E-state index in [4.69, 9.17) is 97.2 Å². The summed E-state index contributed by atoms with van der Waals surface area (Å²) in [5, 5.41) is 44.7. The molecule has 0 saturated carbocycles. The Labute approximate surface area is 468 Å². The number of hydrogen-bond acceptors (Lipinski definition) is 15. The van der Waals surface area contributed by atoms with Crippen molar-refractivity contribution in [3.8, 4) is 28.7 Å². The van der Waals surface area contributed by atoms with E-state index in [-0.39, 0.29) is 108 Å². The Kier molecular flexibility index (Phi) is 39.3. The molecule has 71 heavy (non-hydrogen) atoms. The molecule has 0 atom stereocenters. The van der Waals surface area contributed by atoms with Crippen LogP contribution in [0.5, 0.6) is 28.7 Å². The Bertz CT molecular complexity index is 2230. The SMILES string of the molecule is COB(OC)OC.COB(OC)c1ccc(Cl)c(OC)c1F.COc1c(Cl)ccc(B(O)O)c1F.COc1c(Cl)ccc([B-](O)(O)O)c1F.COc1c(F)[c-]ccc1Cl.COc1c(F)cccc1Cl.[Li+].[Na+]. The Morgan fingerprint density at radius 3 is 1.18 bits per heavy atom. The first kappa shape index (κ1) is 72.9. The van der Waals surface area contributed by atoms with Gasteiger partial charge in [0, 0.05) is 46.5 Å². The molecule has 0 saturated heterocycles. The topological polar surface area (TPSA) is 193 Å². The van der Waals surface area contributed by atoms with E-state index >= 15 is 0 Å². The summed E-state index contributed by atoms with van der Waals surface area (Å²) >= 11 is 28.0. The fourth-order valence-electron chi connectivity index (χ4n) is 4.82. The van der Waals surface area contributed by atoms with Gasteiger partial charge in [0.25, 0.3) is 0 Å². The molecule has 0 bridgehead atoms. The molecule has 5 rings (SSSR count). The van der Waals surface area contributed by atoms with Crippen LogP contribution in [0.2, 0.25) is 25.1 Å². The maximum atomic E-state index is 13.8. The molecule has 0 radical (unpaired) electrons. The van der Waals surface area contributed by atoms with Crippen molar-refractivity contribution in [3.05, 3.63) is 127 Å². The maximum Gasteiger partial charge on any atom is 1.00 e. The Balaban J connectivity index is -0.000000788. The molecule has 15 nitrogen and oxygen atoms in total. The molecule has 380 valence electrons. The van der Waals surface area contributed by atoms with Crippen molar-refractivity contribution in [1.29, 1.82) is 0 Å². The van der Waals surface area contributed by atoms with Crippen molar-refractivity contribution in [2.24, 2.45) is 0 Å². The number of benzene rings is 5. The van der Waals surface area contributed by atoms with E-state index in [2.05, 4.69) is 39.0 Å². The number of para-hydroxylation sites is 1. The third-order valence-corrected chi connectivity index (χ3v) is 9.48. The van der Waals surface area contributed by atoms with E-state index in [0.717, 1.165) is 6.07 Å². The first-order valence-corrected chi connectivity index (χ1v) is 20.6. The monoisotopic (exact) mass is 1110 g/mol. The molecule has 0 aromatic heterocycles. The van der Waals surface area contributed by atoms with Gasteiger partial charge < -0.3 is 72.1 Å². The van der Waals surface area contributed by atoms with Gasteiger partial charge in [-0.15, -0.1) is 23.7 Å². The Morgan fingerprint density at radius 2 is 0.859 bits per heavy atom. The van der Waals surface area contributed by atoms with E-state index in [9.17, 15) is 22.0 Å². The average Bonchev–Trinajstić information content (AvgIpc) is 3.29. The van der Waals surface area contributed by atoms with E-state index in [1.807, 2.05) is 0 Å². The minimum atomic E-state index is -3.88. The molecular formula is C40H46B4Cl5F5LiNaO15. The molecule has 5 aromatic rings. The Hall–Kier alpha value is -2.34. The summed E-state index contributed by atoms with van der Waals surface area (Å²) in [5.41, 5.74) is -0.672. The summed E-state index contributed by atoms with van der Waals surface area (Å²) in [6, 6.07) is 17.3. The van der Waals surface area contributed by atoms with Crippen LogP contribution in [0.1, 0.15) is 0 Å². The number of hydrogen-bond donors (Lipinski definition) is 5. The van der Waals surface area contributed by atoms with E-state index in [1.165, 1.54) is 126 Å². The maximum absolute atomic E-state index is 13.8. The number of halogens is 10. The molecule has 5 aromatic carbocycles. The van der Waals surface area contributed by atoms with Crippen LogP contribution in [0.4, 0.5) is 22.0 Å². The fraction of sp³-hybridized carbons (Fsp3) is 0.250. The smallest absolute Gasteiger partial charge is 0.556 e. The number of rotatable bonds is 13. The van der Waals surface area contributed by atoms with Crippen LogP contribution in [0, 0.1) is 35.2 Å². The van der Waals surface area contributed by atoms with Gasteiger partial charge in [-0.05, 0) is 35.4 Å². The van der Waals surface area contributed by atoms with Gasteiger partial charge >= 0.3 is 76.7 Å². The van der Waals surface area contributed by atoms with Crippen molar-refractivity contribution in [2.75, 3.05) is 71.1 Å². The van der Waals surface area contributed by atoms with Gasteiger partial charge in [-0.1, -0.05) is 76.1 Å². The zero-order chi connectivity index (χ0) is 53.2. The van der Waals surface area contributed by atoms with Gasteiger partial charge in [0.2, 0.25) is 0 Å². The van der Waals surface area contributed by atoms with Crippen LogP contribution in [-0.2, 0) is 23.3 Å². The first-order chi connectivity index (χ1) is 32.5. The zero-order valence-corrected chi connectivity index (χ0v) is 46.0. The van der Waals surface area contributed by atoms with Crippen molar-refractivity contribution in [2.45, 2.75) is 0 Å². The van der Waals surface area contributed by atoms with Gasteiger partial charge in [-0.2, -0.15) is 6.07 Å². The largest absolute Gasteiger partial charge is 1.00 e. The minimum absolute atomic E-state index is 0. The van der Waals surface area contributed by atoms with Crippen LogP contribution < -0.4 is 88.5 Å². The average molecular weight is 1110 g/mol. The van der Waals surface area contributed by atoms with Crippen LogP contribution in [0.3, 0.4) is 0 Å². The van der Waals surface area contributed by atoms with Crippen molar-refractivity contribution in [3.63, 3.8) is 0 Å². The molecular weight excluding hydrogens is 1070 g/mol. The summed E-state index contributed by atoms with van der Waals surface area (Å²) in [5.74, 6) is -3.90. The molecule has 31 heteroatoms.